The molecule has 116 valence electrons. The van der Waals surface area contributed by atoms with Crippen molar-refractivity contribution in [2.75, 3.05) is 13.1 Å². The molecule has 0 spiro atoms. The lowest BCUT2D eigenvalue weighted by atomic mass is 10.1. The molecule has 1 aromatic carbocycles. The first-order valence-electron chi connectivity index (χ1n) is 7.49. The van der Waals surface area contributed by atoms with E-state index in [1.807, 2.05) is 0 Å². The van der Waals surface area contributed by atoms with Crippen molar-refractivity contribution >= 4 is 5.91 Å². The molecule has 2 N–H and O–H groups in total. The molecule has 2 atom stereocenters. The summed E-state index contributed by atoms with van der Waals surface area (Å²) in [5.41, 5.74) is 6.41. The largest absolute Gasteiger partial charge is 0.478 e. The van der Waals surface area contributed by atoms with Crippen LogP contribution in [0.1, 0.15) is 44.7 Å². The Morgan fingerprint density at radius 2 is 1.95 bits per heavy atom. The highest BCUT2D eigenvalue weighted by atomic mass is 19.1. The fourth-order valence-electron chi connectivity index (χ4n) is 2.51. The summed E-state index contributed by atoms with van der Waals surface area (Å²) in [7, 11) is 0. The predicted octanol–water partition coefficient (Wildman–Crippen LogP) is 2.63. The fraction of sp³-hybridized carbons (Fsp3) is 0.562. The van der Waals surface area contributed by atoms with E-state index in [9.17, 15) is 9.18 Å². The molecule has 1 aliphatic rings. The number of ether oxygens (including phenoxy) is 1. The lowest BCUT2D eigenvalue weighted by Gasteiger charge is -2.29. The Morgan fingerprint density at radius 3 is 2.52 bits per heavy atom. The van der Waals surface area contributed by atoms with Gasteiger partial charge < -0.3 is 15.4 Å². The third-order valence-electron chi connectivity index (χ3n) is 3.80. The van der Waals surface area contributed by atoms with Crippen molar-refractivity contribution in [3.8, 4) is 5.75 Å². The van der Waals surface area contributed by atoms with Crippen molar-refractivity contribution in [3.63, 3.8) is 0 Å². The molecule has 0 aromatic heterocycles. The van der Waals surface area contributed by atoms with Crippen LogP contribution in [-0.4, -0.2) is 30.0 Å². The summed E-state index contributed by atoms with van der Waals surface area (Å²) < 4.78 is 19.5. The molecule has 2 unspecified atom stereocenters. The van der Waals surface area contributed by atoms with Crippen LogP contribution in [0.3, 0.4) is 0 Å². The van der Waals surface area contributed by atoms with E-state index in [2.05, 4.69) is 0 Å². The van der Waals surface area contributed by atoms with Crippen molar-refractivity contribution in [1.29, 1.82) is 0 Å². The summed E-state index contributed by atoms with van der Waals surface area (Å²) >= 11 is 0. The predicted molar refractivity (Wildman–Crippen MR) is 79.5 cm³/mol. The van der Waals surface area contributed by atoms with Gasteiger partial charge in [-0.25, -0.2) is 4.39 Å². The number of benzene rings is 1. The number of piperidine rings is 1. The third-order valence-corrected chi connectivity index (χ3v) is 3.80. The summed E-state index contributed by atoms with van der Waals surface area (Å²) in [5, 5.41) is 0. The van der Waals surface area contributed by atoms with E-state index in [-0.39, 0.29) is 17.7 Å². The van der Waals surface area contributed by atoms with Gasteiger partial charge >= 0.3 is 0 Å². The molecule has 1 aliphatic heterocycles. The number of hydrogen-bond donors (Lipinski definition) is 1. The Morgan fingerprint density at radius 1 is 1.29 bits per heavy atom. The van der Waals surface area contributed by atoms with Gasteiger partial charge in [0.25, 0.3) is 5.91 Å². The highest BCUT2D eigenvalue weighted by molar-refractivity contribution is 5.81. The van der Waals surface area contributed by atoms with E-state index in [1.165, 1.54) is 12.1 Å². The highest BCUT2D eigenvalue weighted by Crippen LogP contribution is 2.23. The summed E-state index contributed by atoms with van der Waals surface area (Å²) in [6.45, 7) is 4.98. The van der Waals surface area contributed by atoms with Crippen LogP contribution in [0.25, 0.3) is 0 Å². The average molecular weight is 294 g/mol. The van der Waals surface area contributed by atoms with Crippen LogP contribution in [0.2, 0.25) is 0 Å². The molecule has 4 nitrogen and oxygen atoms in total. The second kappa shape index (κ2) is 6.89. The van der Waals surface area contributed by atoms with Gasteiger partial charge in [-0.2, -0.15) is 0 Å². The molecule has 0 saturated carbocycles. The lowest BCUT2D eigenvalue weighted by molar-refractivity contribution is -0.138. The van der Waals surface area contributed by atoms with Crippen molar-refractivity contribution in [1.82, 2.24) is 4.90 Å². The number of rotatable bonds is 4. The summed E-state index contributed by atoms with van der Waals surface area (Å²) in [6.07, 6.45) is 2.52. The maximum Gasteiger partial charge on any atom is 0.263 e. The molecule has 2 rings (SSSR count). The van der Waals surface area contributed by atoms with Gasteiger partial charge in [0.2, 0.25) is 0 Å². The van der Waals surface area contributed by atoms with E-state index in [0.717, 1.165) is 32.4 Å². The second-order valence-electron chi connectivity index (χ2n) is 5.62. The average Bonchev–Trinajstić information content (AvgIpc) is 2.49. The highest BCUT2D eigenvalue weighted by Gasteiger charge is 2.24. The van der Waals surface area contributed by atoms with Crippen LogP contribution in [0, 0.1) is 5.82 Å². The van der Waals surface area contributed by atoms with E-state index in [0.29, 0.717) is 5.56 Å². The maximum atomic E-state index is 14.0. The zero-order valence-corrected chi connectivity index (χ0v) is 12.6. The molecule has 0 aliphatic carbocycles. The van der Waals surface area contributed by atoms with Crippen LogP contribution in [0.15, 0.2) is 18.2 Å². The van der Waals surface area contributed by atoms with Gasteiger partial charge in [0.15, 0.2) is 17.7 Å². The van der Waals surface area contributed by atoms with Gasteiger partial charge in [-0.1, -0.05) is 6.07 Å². The smallest absolute Gasteiger partial charge is 0.263 e. The Bertz CT molecular complexity index is 499. The number of carbonyl (C=O) groups is 1. The third kappa shape index (κ3) is 3.94. The van der Waals surface area contributed by atoms with Gasteiger partial charge in [-0.05, 0) is 50.8 Å². The van der Waals surface area contributed by atoms with E-state index in [4.69, 9.17) is 10.5 Å². The number of hydrogen-bond acceptors (Lipinski definition) is 3. The maximum absolute atomic E-state index is 14.0. The first kappa shape index (κ1) is 15.8. The monoisotopic (exact) mass is 294 g/mol. The van der Waals surface area contributed by atoms with E-state index < -0.39 is 11.9 Å². The molecule has 1 aromatic rings. The molecule has 5 heteroatoms. The molecule has 1 fully saturated rings. The second-order valence-corrected chi connectivity index (χ2v) is 5.62. The van der Waals surface area contributed by atoms with Gasteiger partial charge in [0.1, 0.15) is 0 Å². The number of nitrogens with two attached hydrogens (primary N) is 1. The first-order chi connectivity index (χ1) is 9.99. The van der Waals surface area contributed by atoms with Gasteiger partial charge in [0, 0.05) is 19.1 Å². The Labute approximate surface area is 125 Å². The molecule has 1 heterocycles. The number of halogens is 1. The van der Waals surface area contributed by atoms with Crippen LogP contribution in [0.5, 0.6) is 5.75 Å². The quantitative estimate of drug-likeness (QED) is 0.928. The minimum atomic E-state index is -0.682. The Hall–Kier alpha value is -1.62. The lowest BCUT2D eigenvalue weighted by Crippen LogP contribution is -2.43. The molecular weight excluding hydrogens is 271 g/mol. The minimum Gasteiger partial charge on any atom is -0.478 e. The van der Waals surface area contributed by atoms with E-state index >= 15 is 0 Å². The Kier molecular flexibility index (Phi) is 5.17. The van der Waals surface area contributed by atoms with Gasteiger partial charge in [-0.3, -0.25) is 4.79 Å². The van der Waals surface area contributed by atoms with Crippen molar-refractivity contribution < 1.29 is 13.9 Å². The zero-order chi connectivity index (χ0) is 15.4. The Balaban J connectivity index is 2.01. The molecular formula is C16H23FN2O2. The fourth-order valence-corrected chi connectivity index (χ4v) is 2.51. The van der Waals surface area contributed by atoms with Crippen LogP contribution >= 0.6 is 0 Å². The van der Waals surface area contributed by atoms with Crippen LogP contribution < -0.4 is 10.5 Å². The number of amides is 1. The molecule has 0 bridgehead atoms. The van der Waals surface area contributed by atoms with Crippen LogP contribution in [-0.2, 0) is 4.79 Å². The van der Waals surface area contributed by atoms with Gasteiger partial charge in [-0.15, -0.1) is 0 Å². The van der Waals surface area contributed by atoms with Crippen molar-refractivity contribution in [2.24, 2.45) is 5.73 Å². The SMILES string of the molecule is CC(Oc1ccc(C(C)N)cc1F)C(=O)N1CCCCC1. The standard InChI is InChI=1S/C16H23FN2O2/c1-11(18)13-6-7-15(14(17)10-13)21-12(2)16(20)19-8-4-3-5-9-19/h6-7,10-12H,3-5,8-9,18H2,1-2H3. The first-order valence-corrected chi connectivity index (χ1v) is 7.49. The van der Waals surface area contributed by atoms with Crippen molar-refractivity contribution in [3.05, 3.63) is 29.6 Å². The number of likely N-dealkylation sites (tertiary alicyclic amines) is 1. The molecule has 21 heavy (non-hydrogen) atoms. The summed E-state index contributed by atoms with van der Waals surface area (Å²) in [4.78, 5) is 14.0. The minimum absolute atomic E-state index is 0.0784. The number of nitrogens with zero attached hydrogens (tertiary/aromatic N) is 1. The van der Waals surface area contributed by atoms with Gasteiger partial charge in [0.05, 0.1) is 0 Å². The molecule has 1 saturated heterocycles. The number of carbonyl (C=O) groups excluding carboxylic acids is 1. The van der Waals surface area contributed by atoms with E-state index in [1.54, 1.807) is 24.8 Å². The summed E-state index contributed by atoms with van der Waals surface area (Å²) in [6, 6.07) is 4.38. The van der Waals surface area contributed by atoms with Crippen LogP contribution in [0.4, 0.5) is 4.39 Å². The molecule has 0 radical (unpaired) electrons. The normalized spacial score (nSPS) is 18.2. The summed E-state index contributed by atoms with van der Waals surface area (Å²) in [5.74, 6) is -0.467. The zero-order valence-electron chi connectivity index (χ0n) is 12.6. The topological polar surface area (TPSA) is 55.6 Å². The van der Waals surface area contributed by atoms with Crippen molar-refractivity contribution in [2.45, 2.75) is 45.3 Å². The molecule has 1 amide bonds.